The van der Waals surface area contributed by atoms with E-state index in [1.165, 1.54) is 17.7 Å². The molecule has 2 heterocycles. The molecule has 1 saturated heterocycles. The first-order valence-electron chi connectivity index (χ1n) is 9.76. The number of aromatic nitrogens is 2. The Balaban J connectivity index is 1.49. The summed E-state index contributed by atoms with van der Waals surface area (Å²) >= 11 is 6.02. The SMILES string of the molecule is CN1CCN(CCc2ccc(-n3ccnc3-c3cc(Cl)c(O)cc3O)cc2)CC1. The molecule has 1 aliphatic rings. The van der Waals surface area contributed by atoms with Gasteiger partial charge >= 0.3 is 0 Å². The van der Waals surface area contributed by atoms with Gasteiger partial charge in [-0.25, -0.2) is 4.98 Å². The summed E-state index contributed by atoms with van der Waals surface area (Å²) in [5.74, 6) is 0.341. The second-order valence-electron chi connectivity index (χ2n) is 7.50. The van der Waals surface area contributed by atoms with Crippen LogP contribution < -0.4 is 0 Å². The highest BCUT2D eigenvalue weighted by atomic mass is 35.5. The van der Waals surface area contributed by atoms with Crippen LogP contribution in [0.1, 0.15) is 5.56 Å². The Morgan fingerprint density at radius 1 is 1.00 bits per heavy atom. The molecule has 29 heavy (non-hydrogen) atoms. The van der Waals surface area contributed by atoms with Gasteiger partial charge < -0.3 is 20.0 Å². The van der Waals surface area contributed by atoms with Crippen LogP contribution in [0, 0.1) is 0 Å². The topological polar surface area (TPSA) is 64.8 Å². The van der Waals surface area contributed by atoms with Gasteiger partial charge in [-0.15, -0.1) is 0 Å². The summed E-state index contributed by atoms with van der Waals surface area (Å²) in [7, 11) is 2.17. The van der Waals surface area contributed by atoms with Crippen LogP contribution in [0.25, 0.3) is 17.1 Å². The standard InChI is InChI=1S/C22H25ClN4O2/c1-25-10-12-26(13-11-25)8-6-16-2-4-17(5-3-16)27-9-7-24-22(27)18-14-19(23)21(29)15-20(18)28/h2-5,7,9,14-15,28-29H,6,8,10-13H2,1H3. The number of phenolic OH excluding ortho intramolecular Hbond substituents is 2. The number of imidazole rings is 1. The number of rotatable bonds is 5. The summed E-state index contributed by atoms with van der Waals surface area (Å²) in [6.07, 6.45) is 4.54. The summed E-state index contributed by atoms with van der Waals surface area (Å²) in [5, 5.41) is 20.1. The lowest BCUT2D eigenvalue weighted by atomic mass is 10.1. The summed E-state index contributed by atoms with van der Waals surface area (Å²) in [6.45, 7) is 5.60. The van der Waals surface area contributed by atoms with E-state index in [0.717, 1.165) is 44.8 Å². The zero-order valence-corrected chi connectivity index (χ0v) is 17.2. The van der Waals surface area contributed by atoms with E-state index >= 15 is 0 Å². The van der Waals surface area contributed by atoms with Gasteiger partial charge in [0, 0.05) is 56.9 Å². The zero-order valence-electron chi connectivity index (χ0n) is 16.4. The third-order valence-corrected chi connectivity index (χ3v) is 5.78. The van der Waals surface area contributed by atoms with Crippen molar-refractivity contribution >= 4 is 11.6 Å². The quantitative estimate of drug-likeness (QED) is 0.672. The smallest absolute Gasteiger partial charge is 0.148 e. The molecule has 7 heteroatoms. The number of piperazine rings is 1. The minimum Gasteiger partial charge on any atom is -0.507 e. The van der Waals surface area contributed by atoms with Crippen molar-refractivity contribution in [3.05, 3.63) is 59.4 Å². The van der Waals surface area contributed by atoms with Crippen LogP contribution in [0.2, 0.25) is 5.02 Å². The predicted molar refractivity (Wildman–Crippen MR) is 115 cm³/mol. The first-order valence-corrected chi connectivity index (χ1v) is 10.1. The molecule has 6 nitrogen and oxygen atoms in total. The van der Waals surface area contributed by atoms with Crippen LogP contribution in [-0.4, -0.2) is 69.3 Å². The molecule has 3 aromatic rings. The third-order valence-electron chi connectivity index (χ3n) is 5.47. The van der Waals surface area contributed by atoms with Crippen LogP contribution in [0.4, 0.5) is 0 Å². The van der Waals surface area contributed by atoms with Gasteiger partial charge in [-0.3, -0.25) is 4.57 Å². The average Bonchev–Trinajstić information content (AvgIpc) is 3.20. The van der Waals surface area contributed by atoms with E-state index in [0.29, 0.717) is 11.4 Å². The Hall–Kier alpha value is -2.54. The van der Waals surface area contributed by atoms with Gasteiger partial charge in [0.25, 0.3) is 0 Å². The van der Waals surface area contributed by atoms with Crippen LogP contribution >= 0.6 is 11.6 Å². The second-order valence-corrected chi connectivity index (χ2v) is 7.91. The molecule has 1 aromatic heterocycles. The van der Waals surface area contributed by atoms with Crippen LogP contribution in [-0.2, 0) is 6.42 Å². The van der Waals surface area contributed by atoms with Crippen LogP contribution in [0.5, 0.6) is 11.5 Å². The fourth-order valence-electron chi connectivity index (χ4n) is 3.62. The van der Waals surface area contributed by atoms with Crippen LogP contribution in [0.15, 0.2) is 48.8 Å². The molecular weight excluding hydrogens is 388 g/mol. The number of hydrogen-bond acceptors (Lipinski definition) is 5. The molecule has 0 unspecified atom stereocenters. The number of likely N-dealkylation sites (N-methyl/N-ethyl adjacent to an activating group) is 1. The fraction of sp³-hybridized carbons (Fsp3) is 0.318. The summed E-state index contributed by atoms with van der Waals surface area (Å²) in [5.41, 5.74) is 2.71. The van der Waals surface area contributed by atoms with Crippen molar-refractivity contribution < 1.29 is 10.2 Å². The molecule has 152 valence electrons. The average molecular weight is 413 g/mol. The first-order chi connectivity index (χ1) is 14.0. The lowest BCUT2D eigenvalue weighted by molar-refractivity contribution is 0.155. The molecule has 0 aliphatic carbocycles. The third kappa shape index (κ3) is 4.40. The number of aromatic hydroxyl groups is 2. The van der Waals surface area contributed by atoms with E-state index in [4.69, 9.17) is 11.6 Å². The number of hydrogen-bond donors (Lipinski definition) is 2. The van der Waals surface area contributed by atoms with Crippen molar-refractivity contribution in [2.45, 2.75) is 6.42 Å². The lowest BCUT2D eigenvalue weighted by Crippen LogP contribution is -2.45. The summed E-state index contributed by atoms with van der Waals surface area (Å²) in [4.78, 5) is 9.25. The Bertz CT molecular complexity index is 979. The Labute approximate surface area is 175 Å². The molecule has 0 atom stereocenters. The van der Waals surface area contributed by atoms with E-state index in [1.54, 1.807) is 6.20 Å². The monoisotopic (exact) mass is 412 g/mol. The maximum Gasteiger partial charge on any atom is 0.148 e. The number of benzene rings is 2. The molecule has 0 radical (unpaired) electrons. The van der Waals surface area contributed by atoms with E-state index in [1.807, 2.05) is 10.8 Å². The number of phenols is 2. The zero-order chi connectivity index (χ0) is 20.4. The highest BCUT2D eigenvalue weighted by Gasteiger charge is 2.16. The van der Waals surface area contributed by atoms with Gasteiger partial charge in [-0.05, 0) is 37.2 Å². The maximum absolute atomic E-state index is 10.2. The van der Waals surface area contributed by atoms with Crippen molar-refractivity contribution in [1.29, 1.82) is 0 Å². The predicted octanol–water partition coefficient (Wildman–Crippen LogP) is 3.39. The van der Waals surface area contributed by atoms with Gasteiger partial charge in [0.15, 0.2) is 0 Å². The Morgan fingerprint density at radius 2 is 1.72 bits per heavy atom. The van der Waals surface area contributed by atoms with E-state index < -0.39 is 0 Å². The highest BCUT2D eigenvalue weighted by Crippen LogP contribution is 2.37. The van der Waals surface area contributed by atoms with Crippen molar-refractivity contribution in [2.24, 2.45) is 0 Å². The molecule has 0 bridgehead atoms. The second kappa shape index (κ2) is 8.45. The molecule has 1 fully saturated rings. The number of nitrogens with zero attached hydrogens (tertiary/aromatic N) is 4. The van der Waals surface area contributed by atoms with Gasteiger partial charge in [0.2, 0.25) is 0 Å². The van der Waals surface area contributed by atoms with Gasteiger partial charge in [0.1, 0.15) is 17.3 Å². The molecule has 0 spiro atoms. The Kier molecular flexibility index (Phi) is 5.76. The summed E-state index contributed by atoms with van der Waals surface area (Å²) in [6, 6.07) is 11.2. The molecule has 2 N–H and O–H groups in total. The lowest BCUT2D eigenvalue weighted by Gasteiger charge is -2.32. The molecule has 4 rings (SSSR count). The fourth-order valence-corrected chi connectivity index (χ4v) is 3.79. The van der Waals surface area contributed by atoms with Crippen molar-refractivity contribution in [2.75, 3.05) is 39.8 Å². The van der Waals surface area contributed by atoms with E-state index in [2.05, 4.69) is 46.1 Å². The van der Waals surface area contributed by atoms with Gasteiger partial charge in [-0.2, -0.15) is 0 Å². The van der Waals surface area contributed by atoms with Gasteiger partial charge in [-0.1, -0.05) is 23.7 Å². The molecule has 0 saturated carbocycles. The van der Waals surface area contributed by atoms with Crippen molar-refractivity contribution in [1.82, 2.24) is 19.4 Å². The molecular formula is C22H25ClN4O2. The van der Waals surface area contributed by atoms with Crippen molar-refractivity contribution in [3.8, 4) is 28.6 Å². The molecule has 2 aromatic carbocycles. The highest BCUT2D eigenvalue weighted by molar-refractivity contribution is 6.32. The maximum atomic E-state index is 10.2. The normalized spacial score (nSPS) is 15.7. The minimum atomic E-state index is -0.157. The Morgan fingerprint density at radius 3 is 2.45 bits per heavy atom. The van der Waals surface area contributed by atoms with E-state index in [-0.39, 0.29) is 16.5 Å². The van der Waals surface area contributed by atoms with Gasteiger partial charge in [0.05, 0.1) is 10.6 Å². The van der Waals surface area contributed by atoms with Crippen LogP contribution in [0.3, 0.4) is 0 Å². The molecule has 0 amide bonds. The summed E-state index contributed by atoms with van der Waals surface area (Å²) < 4.78 is 1.90. The molecule has 1 aliphatic heterocycles. The van der Waals surface area contributed by atoms with Crippen molar-refractivity contribution in [3.63, 3.8) is 0 Å². The minimum absolute atomic E-state index is 0.0665. The van der Waals surface area contributed by atoms with E-state index in [9.17, 15) is 10.2 Å². The first kappa shape index (κ1) is 19.8. The largest absolute Gasteiger partial charge is 0.507 e. The number of halogens is 1.